The number of nitrogens with zero attached hydrogens (tertiary/aromatic N) is 1. The van der Waals surface area contributed by atoms with Gasteiger partial charge in [-0.2, -0.15) is 0 Å². The van der Waals surface area contributed by atoms with Crippen molar-refractivity contribution in [3.05, 3.63) is 63.4 Å². The van der Waals surface area contributed by atoms with Crippen molar-refractivity contribution in [1.82, 2.24) is 10.3 Å². The molecule has 1 heterocycles. The number of nitrogens with one attached hydrogen (secondary N) is 1. The SMILES string of the molecule is Cc1ccc(C(C)NC(=O)c2ccc(Br)nc2)c(C)c1. The van der Waals surface area contributed by atoms with Gasteiger partial charge in [0, 0.05) is 6.20 Å². The average Bonchev–Trinajstić information content (AvgIpc) is 2.39. The van der Waals surface area contributed by atoms with Crippen molar-refractivity contribution in [2.45, 2.75) is 26.8 Å². The molecule has 1 atom stereocenters. The average molecular weight is 333 g/mol. The van der Waals surface area contributed by atoms with Gasteiger partial charge in [-0.05, 0) is 60.0 Å². The molecular weight excluding hydrogens is 316 g/mol. The van der Waals surface area contributed by atoms with Gasteiger partial charge < -0.3 is 5.32 Å². The van der Waals surface area contributed by atoms with Gasteiger partial charge in [-0.1, -0.05) is 23.8 Å². The molecule has 104 valence electrons. The van der Waals surface area contributed by atoms with Gasteiger partial charge in [-0.25, -0.2) is 4.98 Å². The quantitative estimate of drug-likeness (QED) is 0.864. The normalized spacial score (nSPS) is 12.0. The van der Waals surface area contributed by atoms with Crippen LogP contribution in [0.5, 0.6) is 0 Å². The molecule has 0 aliphatic heterocycles. The number of hydrogen-bond donors (Lipinski definition) is 1. The number of aromatic nitrogens is 1. The van der Waals surface area contributed by atoms with Gasteiger partial charge in [0.2, 0.25) is 0 Å². The molecule has 4 heteroatoms. The Morgan fingerprint density at radius 3 is 2.60 bits per heavy atom. The van der Waals surface area contributed by atoms with Crippen LogP contribution in [0, 0.1) is 13.8 Å². The second kappa shape index (κ2) is 6.18. The summed E-state index contributed by atoms with van der Waals surface area (Å²) in [6.45, 7) is 6.11. The number of benzene rings is 1. The van der Waals surface area contributed by atoms with Crippen LogP contribution in [-0.4, -0.2) is 10.9 Å². The first-order chi connectivity index (χ1) is 9.47. The van der Waals surface area contributed by atoms with E-state index in [1.54, 1.807) is 18.3 Å². The van der Waals surface area contributed by atoms with Crippen molar-refractivity contribution in [2.24, 2.45) is 0 Å². The van der Waals surface area contributed by atoms with Gasteiger partial charge in [0.15, 0.2) is 0 Å². The van der Waals surface area contributed by atoms with Crippen LogP contribution < -0.4 is 5.32 Å². The van der Waals surface area contributed by atoms with Crippen LogP contribution >= 0.6 is 15.9 Å². The number of carbonyl (C=O) groups is 1. The van der Waals surface area contributed by atoms with Crippen molar-refractivity contribution in [3.63, 3.8) is 0 Å². The highest BCUT2D eigenvalue weighted by Gasteiger charge is 2.13. The monoisotopic (exact) mass is 332 g/mol. The zero-order valence-corrected chi connectivity index (χ0v) is 13.4. The van der Waals surface area contributed by atoms with E-state index in [1.807, 2.05) is 6.92 Å². The van der Waals surface area contributed by atoms with Crippen LogP contribution in [0.15, 0.2) is 41.1 Å². The van der Waals surface area contributed by atoms with E-state index in [4.69, 9.17) is 0 Å². The van der Waals surface area contributed by atoms with E-state index in [0.29, 0.717) is 5.56 Å². The highest BCUT2D eigenvalue weighted by atomic mass is 79.9. The lowest BCUT2D eigenvalue weighted by molar-refractivity contribution is 0.0939. The zero-order valence-electron chi connectivity index (χ0n) is 11.8. The topological polar surface area (TPSA) is 42.0 Å². The molecule has 2 aromatic rings. The lowest BCUT2D eigenvalue weighted by Gasteiger charge is -2.17. The second-order valence-electron chi connectivity index (χ2n) is 4.92. The maximum Gasteiger partial charge on any atom is 0.253 e. The number of rotatable bonds is 3. The molecule has 0 bridgehead atoms. The number of amides is 1. The largest absolute Gasteiger partial charge is 0.345 e. The van der Waals surface area contributed by atoms with Gasteiger partial charge >= 0.3 is 0 Å². The van der Waals surface area contributed by atoms with Crippen molar-refractivity contribution in [2.75, 3.05) is 0 Å². The smallest absolute Gasteiger partial charge is 0.253 e. The molecule has 0 radical (unpaired) electrons. The third-order valence-corrected chi connectivity index (χ3v) is 3.70. The molecule has 0 aliphatic rings. The summed E-state index contributed by atoms with van der Waals surface area (Å²) >= 11 is 3.26. The summed E-state index contributed by atoms with van der Waals surface area (Å²) in [6.07, 6.45) is 1.56. The van der Waals surface area contributed by atoms with Crippen LogP contribution in [-0.2, 0) is 0 Å². The Labute approximate surface area is 127 Å². The summed E-state index contributed by atoms with van der Waals surface area (Å²) in [6, 6.07) is 9.73. The molecule has 1 aromatic carbocycles. The van der Waals surface area contributed by atoms with Crippen molar-refractivity contribution < 1.29 is 4.79 Å². The molecule has 0 spiro atoms. The van der Waals surface area contributed by atoms with E-state index in [9.17, 15) is 4.79 Å². The van der Waals surface area contributed by atoms with Crippen LogP contribution in [0.25, 0.3) is 0 Å². The maximum atomic E-state index is 12.2. The summed E-state index contributed by atoms with van der Waals surface area (Å²) in [4.78, 5) is 16.2. The molecule has 2 rings (SSSR count). The Morgan fingerprint density at radius 2 is 2.00 bits per heavy atom. The van der Waals surface area contributed by atoms with Gasteiger partial charge in [0.05, 0.1) is 11.6 Å². The molecule has 20 heavy (non-hydrogen) atoms. The van der Waals surface area contributed by atoms with Crippen molar-refractivity contribution >= 4 is 21.8 Å². The Kier molecular flexibility index (Phi) is 4.55. The molecule has 1 aromatic heterocycles. The zero-order chi connectivity index (χ0) is 14.7. The lowest BCUT2D eigenvalue weighted by Crippen LogP contribution is -2.27. The van der Waals surface area contributed by atoms with Crippen molar-refractivity contribution in [1.29, 1.82) is 0 Å². The summed E-state index contributed by atoms with van der Waals surface area (Å²) in [5.41, 5.74) is 4.10. The van der Waals surface area contributed by atoms with Gasteiger partial charge in [-0.15, -0.1) is 0 Å². The molecule has 0 saturated heterocycles. The van der Waals surface area contributed by atoms with Gasteiger partial charge in [-0.3, -0.25) is 4.79 Å². The second-order valence-corrected chi connectivity index (χ2v) is 5.74. The van der Waals surface area contributed by atoms with Crippen molar-refractivity contribution in [3.8, 4) is 0 Å². The summed E-state index contributed by atoms with van der Waals surface area (Å²) < 4.78 is 0.719. The molecule has 0 fully saturated rings. The summed E-state index contributed by atoms with van der Waals surface area (Å²) in [5, 5.41) is 3.00. The summed E-state index contributed by atoms with van der Waals surface area (Å²) in [5.74, 6) is -0.113. The number of aryl methyl sites for hydroxylation is 2. The van der Waals surface area contributed by atoms with E-state index in [0.717, 1.165) is 10.2 Å². The Hall–Kier alpha value is -1.68. The molecular formula is C16H17BrN2O. The number of carbonyl (C=O) groups excluding carboxylic acids is 1. The minimum absolute atomic E-state index is 0.0354. The van der Waals surface area contributed by atoms with Gasteiger partial charge in [0.25, 0.3) is 5.91 Å². The highest BCUT2D eigenvalue weighted by molar-refractivity contribution is 9.10. The fourth-order valence-corrected chi connectivity index (χ4v) is 2.41. The van der Waals surface area contributed by atoms with E-state index in [-0.39, 0.29) is 11.9 Å². The fourth-order valence-electron chi connectivity index (χ4n) is 2.18. The summed E-state index contributed by atoms with van der Waals surface area (Å²) in [7, 11) is 0. The minimum Gasteiger partial charge on any atom is -0.345 e. The predicted octanol–water partition coefficient (Wildman–Crippen LogP) is 3.95. The first-order valence-electron chi connectivity index (χ1n) is 6.47. The molecule has 1 unspecified atom stereocenters. The van der Waals surface area contributed by atoms with Crippen LogP contribution in [0.1, 0.15) is 40.0 Å². The third-order valence-electron chi connectivity index (χ3n) is 3.23. The standard InChI is InChI=1S/C16H17BrN2O/c1-10-4-6-14(11(2)8-10)12(3)19-16(20)13-5-7-15(17)18-9-13/h4-9,12H,1-3H3,(H,19,20). The van der Waals surface area contributed by atoms with E-state index >= 15 is 0 Å². The molecule has 3 nitrogen and oxygen atoms in total. The molecule has 1 amide bonds. The van der Waals surface area contributed by atoms with E-state index < -0.39 is 0 Å². The van der Waals surface area contributed by atoms with Crippen LogP contribution in [0.3, 0.4) is 0 Å². The van der Waals surface area contributed by atoms with Crippen LogP contribution in [0.2, 0.25) is 0 Å². The van der Waals surface area contributed by atoms with E-state index in [1.165, 1.54) is 11.1 Å². The highest BCUT2D eigenvalue weighted by Crippen LogP contribution is 2.19. The number of pyridine rings is 1. The first-order valence-corrected chi connectivity index (χ1v) is 7.26. The molecule has 1 N–H and O–H groups in total. The van der Waals surface area contributed by atoms with E-state index in [2.05, 4.69) is 58.3 Å². The fraction of sp³-hybridized carbons (Fsp3) is 0.250. The first kappa shape index (κ1) is 14.7. The molecule has 0 saturated carbocycles. The maximum absolute atomic E-state index is 12.2. The Balaban J connectivity index is 2.12. The minimum atomic E-state index is -0.113. The lowest BCUT2D eigenvalue weighted by atomic mass is 10.00. The number of halogens is 1. The van der Waals surface area contributed by atoms with Crippen LogP contribution in [0.4, 0.5) is 0 Å². The Bertz CT molecular complexity index is 623. The predicted molar refractivity (Wildman–Crippen MR) is 83.7 cm³/mol. The molecule has 0 aliphatic carbocycles. The van der Waals surface area contributed by atoms with Gasteiger partial charge in [0.1, 0.15) is 4.60 Å². The Morgan fingerprint density at radius 1 is 1.25 bits per heavy atom. The number of hydrogen-bond acceptors (Lipinski definition) is 2. The third kappa shape index (κ3) is 3.45.